The van der Waals surface area contributed by atoms with Gasteiger partial charge in [0.05, 0.1) is 0 Å². The number of hydrogen-bond donors (Lipinski definition) is 1. The predicted octanol–water partition coefficient (Wildman–Crippen LogP) is 2.26. The van der Waals surface area contributed by atoms with Crippen molar-refractivity contribution in [1.82, 2.24) is 15.2 Å². The molecule has 2 amide bonds. The summed E-state index contributed by atoms with van der Waals surface area (Å²) in [6.07, 6.45) is 3.41. The quantitative estimate of drug-likeness (QED) is 0.788. The van der Waals surface area contributed by atoms with Crippen molar-refractivity contribution in [1.29, 1.82) is 0 Å². The summed E-state index contributed by atoms with van der Waals surface area (Å²) in [4.78, 5) is 30.6. The van der Waals surface area contributed by atoms with E-state index in [9.17, 15) is 9.59 Å². The summed E-state index contributed by atoms with van der Waals surface area (Å²) in [5.74, 6) is 0.107. The van der Waals surface area contributed by atoms with Crippen molar-refractivity contribution in [2.75, 3.05) is 13.7 Å². The van der Waals surface area contributed by atoms with Crippen LogP contribution in [0.5, 0.6) is 5.75 Å². The minimum atomic E-state index is -0.608. The van der Waals surface area contributed by atoms with E-state index in [2.05, 4.69) is 10.3 Å². The molecule has 2 rings (SSSR count). The summed E-state index contributed by atoms with van der Waals surface area (Å²) in [5, 5.41) is 2.78. The fourth-order valence-corrected chi connectivity index (χ4v) is 2.48. The van der Waals surface area contributed by atoms with E-state index in [4.69, 9.17) is 4.74 Å². The molecule has 1 aromatic heterocycles. The number of para-hydroxylation sites is 1. The lowest BCUT2D eigenvalue weighted by atomic mass is 10.0. The molecule has 138 valence electrons. The number of ether oxygens (including phenoxy) is 1. The Morgan fingerprint density at radius 3 is 2.50 bits per heavy atom. The zero-order valence-electron chi connectivity index (χ0n) is 15.4. The van der Waals surface area contributed by atoms with Gasteiger partial charge in [0.25, 0.3) is 5.91 Å². The summed E-state index contributed by atoms with van der Waals surface area (Å²) in [7, 11) is 1.72. The number of carbonyl (C=O) groups excluding carboxylic acids is 2. The van der Waals surface area contributed by atoms with Gasteiger partial charge in [-0.3, -0.25) is 14.6 Å². The molecule has 2 aromatic rings. The highest BCUT2D eigenvalue weighted by Gasteiger charge is 2.27. The number of hydrogen-bond acceptors (Lipinski definition) is 4. The maximum absolute atomic E-state index is 12.7. The Kier molecular flexibility index (Phi) is 7.14. The van der Waals surface area contributed by atoms with Crippen LogP contribution in [0.3, 0.4) is 0 Å². The fraction of sp³-hybridized carbons (Fsp3) is 0.350. The van der Waals surface area contributed by atoms with Gasteiger partial charge in [0.1, 0.15) is 11.8 Å². The highest BCUT2D eigenvalue weighted by molar-refractivity contribution is 5.88. The second-order valence-corrected chi connectivity index (χ2v) is 6.45. The van der Waals surface area contributed by atoms with Gasteiger partial charge < -0.3 is 15.0 Å². The summed E-state index contributed by atoms with van der Waals surface area (Å²) in [5.41, 5.74) is 0.935. The number of pyridine rings is 1. The summed E-state index contributed by atoms with van der Waals surface area (Å²) in [6.45, 7) is 4.11. The first-order valence-corrected chi connectivity index (χ1v) is 8.58. The standard InChI is InChI=1S/C20H25N3O3/c1-15(2)19(20(25)23(3)13-16-8-7-11-21-12-16)22-18(24)14-26-17-9-5-4-6-10-17/h4-12,15,19H,13-14H2,1-3H3,(H,22,24). The first-order chi connectivity index (χ1) is 12.5. The molecule has 0 saturated heterocycles. The SMILES string of the molecule is CC(C)C(NC(=O)COc1ccccc1)C(=O)N(C)Cc1cccnc1. The summed E-state index contributed by atoms with van der Waals surface area (Å²) in [6, 6.07) is 12.2. The number of nitrogens with one attached hydrogen (secondary N) is 1. The number of aromatic nitrogens is 1. The van der Waals surface area contributed by atoms with Gasteiger partial charge in [0.15, 0.2) is 6.61 Å². The summed E-state index contributed by atoms with van der Waals surface area (Å²) < 4.78 is 5.44. The van der Waals surface area contributed by atoms with Gasteiger partial charge in [-0.05, 0) is 29.7 Å². The molecular formula is C20H25N3O3. The molecule has 0 aliphatic carbocycles. The predicted molar refractivity (Wildman–Crippen MR) is 99.4 cm³/mol. The molecule has 1 unspecified atom stereocenters. The average Bonchev–Trinajstić information content (AvgIpc) is 2.65. The topological polar surface area (TPSA) is 71.5 Å². The molecule has 0 radical (unpaired) electrons. The van der Waals surface area contributed by atoms with Crippen LogP contribution in [0.2, 0.25) is 0 Å². The number of likely N-dealkylation sites (N-methyl/N-ethyl adjacent to an activating group) is 1. The monoisotopic (exact) mass is 355 g/mol. The smallest absolute Gasteiger partial charge is 0.258 e. The van der Waals surface area contributed by atoms with E-state index in [1.807, 2.05) is 44.2 Å². The molecule has 1 aromatic carbocycles. The minimum absolute atomic E-state index is 0.0421. The molecule has 26 heavy (non-hydrogen) atoms. The molecule has 6 heteroatoms. The molecule has 0 saturated carbocycles. The van der Waals surface area contributed by atoms with Crippen molar-refractivity contribution in [3.8, 4) is 5.75 Å². The molecular weight excluding hydrogens is 330 g/mol. The molecule has 0 fully saturated rings. The van der Waals surface area contributed by atoms with E-state index in [0.29, 0.717) is 12.3 Å². The van der Waals surface area contributed by atoms with Crippen LogP contribution in [-0.4, -0.2) is 41.4 Å². The largest absolute Gasteiger partial charge is 0.484 e. The van der Waals surface area contributed by atoms with Crippen molar-refractivity contribution >= 4 is 11.8 Å². The van der Waals surface area contributed by atoms with Crippen molar-refractivity contribution in [3.63, 3.8) is 0 Å². The molecule has 1 heterocycles. The summed E-state index contributed by atoms with van der Waals surface area (Å²) >= 11 is 0. The van der Waals surface area contributed by atoms with E-state index in [1.54, 1.807) is 36.5 Å². The Morgan fingerprint density at radius 1 is 1.15 bits per heavy atom. The second kappa shape index (κ2) is 9.56. The molecule has 1 atom stereocenters. The maximum Gasteiger partial charge on any atom is 0.258 e. The van der Waals surface area contributed by atoms with Gasteiger partial charge in [-0.2, -0.15) is 0 Å². The Hall–Kier alpha value is -2.89. The fourth-order valence-electron chi connectivity index (χ4n) is 2.48. The first-order valence-electron chi connectivity index (χ1n) is 8.58. The van der Waals surface area contributed by atoms with Gasteiger partial charge in [-0.15, -0.1) is 0 Å². The Balaban J connectivity index is 1.92. The molecule has 0 aliphatic rings. The zero-order chi connectivity index (χ0) is 18.9. The van der Waals surface area contributed by atoms with Crippen LogP contribution in [0.1, 0.15) is 19.4 Å². The first kappa shape index (κ1) is 19.4. The highest BCUT2D eigenvalue weighted by Crippen LogP contribution is 2.10. The van der Waals surface area contributed by atoms with Crippen LogP contribution in [0, 0.1) is 5.92 Å². The van der Waals surface area contributed by atoms with Gasteiger partial charge in [0, 0.05) is 26.0 Å². The van der Waals surface area contributed by atoms with E-state index in [1.165, 1.54) is 0 Å². The van der Waals surface area contributed by atoms with Crippen LogP contribution in [-0.2, 0) is 16.1 Å². The Labute approximate surface area is 154 Å². The lowest BCUT2D eigenvalue weighted by molar-refractivity contribution is -0.137. The lowest BCUT2D eigenvalue weighted by Crippen LogP contribution is -2.51. The van der Waals surface area contributed by atoms with Crippen molar-refractivity contribution in [2.24, 2.45) is 5.92 Å². The zero-order valence-corrected chi connectivity index (χ0v) is 15.4. The van der Waals surface area contributed by atoms with Gasteiger partial charge >= 0.3 is 0 Å². The van der Waals surface area contributed by atoms with Crippen LogP contribution in [0.4, 0.5) is 0 Å². The number of carbonyl (C=O) groups is 2. The van der Waals surface area contributed by atoms with Crippen molar-refractivity contribution in [2.45, 2.75) is 26.4 Å². The average molecular weight is 355 g/mol. The van der Waals surface area contributed by atoms with E-state index in [-0.39, 0.29) is 24.3 Å². The molecule has 0 aliphatic heterocycles. The van der Waals surface area contributed by atoms with E-state index >= 15 is 0 Å². The van der Waals surface area contributed by atoms with Crippen LogP contribution in [0.25, 0.3) is 0 Å². The third kappa shape index (κ3) is 5.88. The van der Waals surface area contributed by atoms with Crippen molar-refractivity contribution < 1.29 is 14.3 Å². The molecule has 0 spiro atoms. The minimum Gasteiger partial charge on any atom is -0.484 e. The highest BCUT2D eigenvalue weighted by atomic mass is 16.5. The normalized spacial score (nSPS) is 11.7. The Bertz CT molecular complexity index is 705. The van der Waals surface area contributed by atoms with Crippen LogP contribution < -0.4 is 10.1 Å². The molecule has 0 bridgehead atoms. The maximum atomic E-state index is 12.7. The van der Waals surface area contributed by atoms with Crippen molar-refractivity contribution in [3.05, 3.63) is 60.4 Å². The third-order valence-corrected chi connectivity index (χ3v) is 3.88. The van der Waals surface area contributed by atoms with Gasteiger partial charge in [-0.1, -0.05) is 38.1 Å². The number of benzene rings is 1. The molecule has 6 nitrogen and oxygen atoms in total. The number of nitrogens with zero attached hydrogens (tertiary/aromatic N) is 2. The number of amides is 2. The van der Waals surface area contributed by atoms with Crippen LogP contribution in [0.15, 0.2) is 54.9 Å². The Morgan fingerprint density at radius 2 is 1.88 bits per heavy atom. The van der Waals surface area contributed by atoms with Gasteiger partial charge in [0.2, 0.25) is 5.91 Å². The number of rotatable bonds is 8. The molecule has 1 N–H and O–H groups in total. The van der Waals surface area contributed by atoms with E-state index < -0.39 is 6.04 Å². The van der Waals surface area contributed by atoms with E-state index in [0.717, 1.165) is 5.56 Å². The van der Waals surface area contributed by atoms with Gasteiger partial charge in [-0.25, -0.2) is 0 Å². The lowest BCUT2D eigenvalue weighted by Gasteiger charge is -2.27. The second-order valence-electron chi connectivity index (χ2n) is 6.45. The van der Waals surface area contributed by atoms with Crippen LogP contribution >= 0.6 is 0 Å². The third-order valence-electron chi connectivity index (χ3n) is 3.88.